The fraction of sp³-hybridized carbons (Fsp3) is 0. The van der Waals surface area contributed by atoms with Gasteiger partial charge in [0.25, 0.3) is 15.9 Å². The Hall–Kier alpha value is -3.37. The van der Waals surface area contributed by atoms with Crippen molar-refractivity contribution in [1.82, 2.24) is 4.98 Å². The first-order valence-electron chi connectivity index (χ1n) is 8.56. The second kappa shape index (κ2) is 7.81. The molecule has 3 aromatic carbocycles. The summed E-state index contributed by atoms with van der Waals surface area (Å²) in [4.78, 5) is 16.7. The fourth-order valence-electron chi connectivity index (χ4n) is 2.67. The minimum atomic E-state index is -3.95. The molecule has 10 heteroatoms. The Kier molecular flexibility index (Phi) is 5.18. The lowest BCUT2D eigenvalue weighted by atomic mass is 10.2. The number of anilines is 2. The lowest BCUT2D eigenvalue weighted by Gasteiger charge is -2.09. The standard InChI is InChI=1S/C20H13F2N3O3S2/c21-13-4-7-16(8-5-13)30(27,28)25-15-3-1-2-12(10-15)19(26)24-20-23-17-9-6-14(22)11-18(17)29-20/h1-11,25H,(H,23,24,26). The van der Waals surface area contributed by atoms with E-state index in [1.165, 1.54) is 42.5 Å². The number of aromatic nitrogens is 1. The summed E-state index contributed by atoms with van der Waals surface area (Å²) >= 11 is 1.12. The number of fused-ring (bicyclic) bond motifs is 1. The fourth-order valence-corrected chi connectivity index (χ4v) is 4.61. The number of hydrogen-bond acceptors (Lipinski definition) is 5. The molecular weight excluding hydrogens is 432 g/mol. The van der Waals surface area contributed by atoms with Crippen molar-refractivity contribution in [3.8, 4) is 0 Å². The number of halogens is 2. The minimum absolute atomic E-state index is 0.111. The molecule has 0 saturated heterocycles. The number of hydrogen-bond donors (Lipinski definition) is 2. The Morgan fingerprint density at radius 2 is 1.67 bits per heavy atom. The van der Waals surface area contributed by atoms with E-state index in [2.05, 4.69) is 15.0 Å². The Morgan fingerprint density at radius 1 is 0.933 bits per heavy atom. The minimum Gasteiger partial charge on any atom is -0.298 e. The molecule has 6 nitrogen and oxygen atoms in total. The van der Waals surface area contributed by atoms with Gasteiger partial charge in [-0.3, -0.25) is 14.8 Å². The van der Waals surface area contributed by atoms with E-state index >= 15 is 0 Å². The van der Waals surface area contributed by atoms with Gasteiger partial charge in [-0.05, 0) is 60.7 Å². The van der Waals surface area contributed by atoms with Crippen molar-refractivity contribution in [2.75, 3.05) is 10.0 Å². The number of carbonyl (C=O) groups excluding carboxylic acids is 1. The SMILES string of the molecule is O=C(Nc1nc2ccc(F)cc2s1)c1cccc(NS(=O)(=O)c2ccc(F)cc2)c1. The van der Waals surface area contributed by atoms with Crippen LogP contribution in [-0.2, 0) is 10.0 Å². The molecule has 30 heavy (non-hydrogen) atoms. The van der Waals surface area contributed by atoms with Gasteiger partial charge in [-0.2, -0.15) is 0 Å². The summed E-state index contributed by atoms with van der Waals surface area (Å²) in [5.41, 5.74) is 0.913. The van der Waals surface area contributed by atoms with Crippen LogP contribution < -0.4 is 10.0 Å². The summed E-state index contributed by atoms with van der Waals surface area (Å²) in [6, 6.07) is 14.4. The van der Waals surface area contributed by atoms with E-state index in [4.69, 9.17) is 0 Å². The number of benzene rings is 3. The molecule has 0 spiro atoms. The van der Waals surface area contributed by atoms with Gasteiger partial charge in [0.1, 0.15) is 11.6 Å². The van der Waals surface area contributed by atoms with Gasteiger partial charge in [0.15, 0.2) is 5.13 Å². The highest BCUT2D eigenvalue weighted by Crippen LogP contribution is 2.27. The van der Waals surface area contributed by atoms with Gasteiger partial charge in [-0.1, -0.05) is 17.4 Å². The average Bonchev–Trinajstić information content (AvgIpc) is 3.09. The zero-order valence-corrected chi connectivity index (χ0v) is 16.7. The van der Waals surface area contributed by atoms with E-state index in [9.17, 15) is 22.0 Å². The maximum atomic E-state index is 13.3. The van der Waals surface area contributed by atoms with Crippen LogP contribution in [0.1, 0.15) is 10.4 Å². The number of thiazole rings is 1. The molecule has 2 N–H and O–H groups in total. The maximum absolute atomic E-state index is 13.3. The van der Waals surface area contributed by atoms with E-state index in [1.54, 1.807) is 0 Å². The van der Waals surface area contributed by atoms with Crippen LogP contribution in [-0.4, -0.2) is 19.3 Å². The van der Waals surface area contributed by atoms with Crippen molar-refractivity contribution in [1.29, 1.82) is 0 Å². The molecule has 0 aliphatic carbocycles. The van der Waals surface area contributed by atoms with Crippen LogP contribution in [0.4, 0.5) is 19.6 Å². The molecule has 0 aliphatic heterocycles. The van der Waals surface area contributed by atoms with E-state index in [0.29, 0.717) is 10.2 Å². The number of nitrogens with zero attached hydrogens (tertiary/aromatic N) is 1. The Balaban J connectivity index is 1.53. The summed E-state index contributed by atoms with van der Waals surface area (Å²) in [6.07, 6.45) is 0. The molecule has 0 unspecified atom stereocenters. The summed E-state index contributed by atoms with van der Waals surface area (Å²) in [7, 11) is -3.95. The van der Waals surface area contributed by atoms with Gasteiger partial charge in [-0.25, -0.2) is 22.2 Å². The molecule has 0 saturated carbocycles. The van der Waals surface area contributed by atoms with Gasteiger partial charge in [0.05, 0.1) is 15.1 Å². The van der Waals surface area contributed by atoms with Crippen molar-refractivity contribution in [3.63, 3.8) is 0 Å². The first kappa shape index (κ1) is 19.9. The molecule has 1 heterocycles. The lowest BCUT2D eigenvalue weighted by Crippen LogP contribution is -2.15. The zero-order chi connectivity index (χ0) is 21.3. The van der Waals surface area contributed by atoms with Crippen LogP contribution >= 0.6 is 11.3 Å². The summed E-state index contributed by atoms with van der Waals surface area (Å²) in [6.45, 7) is 0. The van der Waals surface area contributed by atoms with Gasteiger partial charge < -0.3 is 0 Å². The van der Waals surface area contributed by atoms with Crippen LogP contribution in [0.25, 0.3) is 10.2 Å². The van der Waals surface area contributed by atoms with Crippen LogP contribution in [0.5, 0.6) is 0 Å². The van der Waals surface area contributed by atoms with Gasteiger partial charge in [0.2, 0.25) is 0 Å². The summed E-state index contributed by atoms with van der Waals surface area (Å²) < 4.78 is 54.2. The van der Waals surface area contributed by atoms with E-state index < -0.39 is 27.6 Å². The Bertz CT molecular complexity index is 1350. The van der Waals surface area contributed by atoms with Crippen molar-refractivity contribution in [2.45, 2.75) is 4.90 Å². The second-order valence-electron chi connectivity index (χ2n) is 6.23. The molecule has 0 radical (unpaired) electrons. The maximum Gasteiger partial charge on any atom is 0.261 e. The topological polar surface area (TPSA) is 88.2 Å². The number of nitrogens with one attached hydrogen (secondary N) is 2. The summed E-state index contributed by atoms with van der Waals surface area (Å²) in [5.74, 6) is -1.45. The molecule has 4 aromatic rings. The molecule has 1 aromatic heterocycles. The predicted molar refractivity (Wildman–Crippen MR) is 111 cm³/mol. The van der Waals surface area contributed by atoms with E-state index in [-0.39, 0.29) is 21.3 Å². The second-order valence-corrected chi connectivity index (χ2v) is 8.94. The van der Waals surface area contributed by atoms with E-state index in [1.807, 2.05) is 0 Å². The summed E-state index contributed by atoms with van der Waals surface area (Å²) in [5, 5.41) is 2.91. The third kappa shape index (κ3) is 4.29. The number of amides is 1. The highest BCUT2D eigenvalue weighted by Gasteiger charge is 2.16. The highest BCUT2D eigenvalue weighted by atomic mass is 32.2. The number of rotatable bonds is 5. The van der Waals surface area contributed by atoms with Crippen LogP contribution in [0.15, 0.2) is 71.6 Å². The zero-order valence-electron chi connectivity index (χ0n) is 15.1. The monoisotopic (exact) mass is 445 g/mol. The van der Waals surface area contributed by atoms with Gasteiger partial charge in [-0.15, -0.1) is 0 Å². The Morgan fingerprint density at radius 3 is 2.43 bits per heavy atom. The quantitative estimate of drug-likeness (QED) is 0.469. The third-order valence-electron chi connectivity index (χ3n) is 4.07. The van der Waals surface area contributed by atoms with Gasteiger partial charge >= 0.3 is 0 Å². The molecule has 0 atom stereocenters. The van der Waals surface area contributed by atoms with Crippen LogP contribution in [0.2, 0.25) is 0 Å². The average molecular weight is 445 g/mol. The molecule has 4 rings (SSSR count). The molecule has 0 aliphatic rings. The van der Waals surface area contributed by atoms with Crippen LogP contribution in [0.3, 0.4) is 0 Å². The van der Waals surface area contributed by atoms with Gasteiger partial charge in [0, 0.05) is 11.3 Å². The third-order valence-corrected chi connectivity index (χ3v) is 6.40. The number of sulfonamides is 1. The smallest absolute Gasteiger partial charge is 0.261 e. The first-order valence-corrected chi connectivity index (χ1v) is 10.9. The first-order chi connectivity index (χ1) is 14.3. The van der Waals surface area contributed by atoms with Crippen molar-refractivity contribution in [2.24, 2.45) is 0 Å². The molecule has 0 fully saturated rings. The van der Waals surface area contributed by atoms with Crippen molar-refractivity contribution < 1.29 is 22.0 Å². The number of carbonyl (C=O) groups is 1. The van der Waals surface area contributed by atoms with Crippen molar-refractivity contribution >= 4 is 48.3 Å². The molecular formula is C20H13F2N3O3S2. The Labute approximate surface area is 174 Å². The molecule has 0 bridgehead atoms. The molecule has 152 valence electrons. The van der Waals surface area contributed by atoms with Crippen LogP contribution in [0, 0.1) is 11.6 Å². The largest absolute Gasteiger partial charge is 0.298 e. The highest BCUT2D eigenvalue weighted by molar-refractivity contribution is 7.92. The normalized spacial score (nSPS) is 11.4. The van der Waals surface area contributed by atoms with E-state index in [0.717, 1.165) is 35.6 Å². The predicted octanol–water partition coefficient (Wildman–Crippen LogP) is 4.63. The lowest BCUT2D eigenvalue weighted by molar-refractivity contribution is 0.102. The molecule has 1 amide bonds. The van der Waals surface area contributed by atoms with Crippen molar-refractivity contribution in [3.05, 3.63) is 83.9 Å².